The number of nitriles is 2. The Hall–Kier alpha value is -3.31. The lowest BCUT2D eigenvalue weighted by atomic mass is 9.85. The SMILES string of the molecule is CCCCCC(CC(=O)Nc1cc(C#N)ccc1C(C)(C)C)c1ccc(C#N)cc1OC. The molecule has 0 bridgehead atoms. The Morgan fingerprint density at radius 1 is 1.06 bits per heavy atom. The first-order chi connectivity index (χ1) is 15.2. The second-order valence-electron chi connectivity index (χ2n) is 9.14. The highest BCUT2D eigenvalue weighted by molar-refractivity contribution is 5.92. The number of rotatable bonds is 9. The molecule has 5 heteroatoms. The van der Waals surface area contributed by atoms with E-state index < -0.39 is 0 Å². The van der Waals surface area contributed by atoms with Crippen LogP contribution < -0.4 is 10.1 Å². The molecule has 0 aliphatic rings. The maximum Gasteiger partial charge on any atom is 0.224 e. The average Bonchev–Trinajstić information content (AvgIpc) is 2.77. The number of carbonyl (C=O) groups excluding carboxylic acids is 1. The summed E-state index contributed by atoms with van der Waals surface area (Å²) in [6.07, 6.45) is 4.35. The Morgan fingerprint density at radius 3 is 2.31 bits per heavy atom. The van der Waals surface area contributed by atoms with Crippen molar-refractivity contribution in [1.29, 1.82) is 10.5 Å². The third-order valence-corrected chi connectivity index (χ3v) is 5.62. The van der Waals surface area contributed by atoms with E-state index >= 15 is 0 Å². The van der Waals surface area contributed by atoms with Crippen LogP contribution in [0.15, 0.2) is 36.4 Å². The van der Waals surface area contributed by atoms with Gasteiger partial charge < -0.3 is 10.1 Å². The molecule has 1 unspecified atom stereocenters. The van der Waals surface area contributed by atoms with Crippen molar-refractivity contribution in [1.82, 2.24) is 0 Å². The monoisotopic (exact) mass is 431 g/mol. The van der Waals surface area contributed by atoms with E-state index in [0.29, 0.717) is 29.0 Å². The van der Waals surface area contributed by atoms with Crippen molar-refractivity contribution in [3.8, 4) is 17.9 Å². The number of unbranched alkanes of at least 4 members (excludes halogenated alkanes) is 2. The number of hydrogen-bond acceptors (Lipinski definition) is 4. The zero-order valence-corrected chi connectivity index (χ0v) is 19.8. The third kappa shape index (κ3) is 6.59. The highest BCUT2D eigenvalue weighted by Crippen LogP contribution is 2.35. The summed E-state index contributed by atoms with van der Waals surface area (Å²) in [6.45, 7) is 8.40. The molecular formula is C27H33N3O2. The molecular weight excluding hydrogens is 398 g/mol. The minimum atomic E-state index is -0.173. The largest absolute Gasteiger partial charge is 0.496 e. The Morgan fingerprint density at radius 2 is 1.72 bits per heavy atom. The van der Waals surface area contributed by atoms with E-state index in [1.54, 1.807) is 31.4 Å². The van der Waals surface area contributed by atoms with Gasteiger partial charge in [0.05, 0.1) is 30.4 Å². The molecule has 0 spiro atoms. The molecule has 0 aliphatic carbocycles. The molecule has 1 atom stereocenters. The topological polar surface area (TPSA) is 85.9 Å². The van der Waals surface area contributed by atoms with Crippen LogP contribution in [0.1, 0.15) is 88.0 Å². The van der Waals surface area contributed by atoms with Crippen LogP contribution in [0, 0.1) is 22.7 Å². The third-order valence-electron chi connectivity index (χ3n) is 5.62. The zero-order valence-electron chi connectivity index (χ0n) is 19.8. The summed E-state index contributed by atoms with van der Waals surface area (Å²) in [5.41, 5.74) is 3.49. The number of amides is 1. The van der Waals surface area contributed by atoms with Crippen molar-refractivity contribution >= 4 is 11.6 Å². The minimum absolute atomic E-state index is 0.0264. The lowest BCUT2D eigenvalue weighted by molar-refractivity contribution is -0.116. The van der Waals surface area contributed by atoms with Crippen LogP contribution in [0.5, 0.6) is 5.75 Å². The molecule has 168 valence electrons. The highest BCUT2D eigenvalue weighted by Gasteiger charge is 2.23. The van der Waals surface area contributed by atoms with Gasteiger partial charge in [-0.2, -0.15) is 10.5 Å². The second kappa shape index (κ2) is 11.3. The van der Waals surface area contributed by atoms with E-state index in [2.05, 4.69) is 45.2 Å². The predicted molar refractivity (Wildman–Crippen MR) is 128 cm³/mol. The van der Waals surface area contributed by atoms with Gasteiger partial charge in [0.1, 0.15) is 5.75 Å². The van der Waals surface area contributed by atoms with E-state index in [1.165, 1.54) is 0 Å². The molecule has 0 heterocycles. The normalized spacial score (nSPS) is 11.8. The van der Waals surface area contributed by atoms with Crippen LogP contribution in [-0.2, 0) is 10.2 Å². The standard InChI is InChI=1S/C27H33N3O2/c1-6-7-8-9-21(22-12-10-20(18-29)15-25(22)32-5)16-26(31)30-24-14-19(17-28)11-13-23(24)27(2,3)4/h10-15,21H,6-9,16H2,1-5H3,(H,30,31). The summed E-state index contributed by atoms with van der Waals surface area (Å²) in [5, 5.41) is 21.6. The summed E-state index contributed by atoms with van der Waals surface area (Å²) in [7, 11) is 1.59. The molecule has 5 nitrogen and oxygen atoms in total. The van der Waals surface area contributed by atoms with Gasteiger partial charge in [-0.3, -0.25) is 4.79 Å². The number of methoxy groups -OCH3 is 1. The fourth-order valence-electron chi connectivity index (χ4n) is 3.92. The average molecular weight is 432 g/mol. The summed E-state index contributed by atoms with van der Waals surface area (Å²) in [4.78, 5) is 13.1. The van der Waals surface area contributed by atoms with Gasteiger partial charge in [-0.25, -0.2) is 0 Å². The van der Waals surface area contributed by atoms with E-state index in [9.17, 15) is 15.3 Å². The molecule has 0 radical (unpaired) electrons. The first kappa shape index (κ1) is 25.0. The number of benzene rings is 2. The van der Waals surface area contributed by atoms with Crippen LogP contribution in [-0.4, -0.2) is 13.0 Å². The van der Waals surface area contributed by atoms with Crippen LogP contribution in [0.4, 0.5) is 5.69 Å². The van der Waals surface area contributed by atoms with Gasteiger partial charge >= 0.3 is 0 Å². The van der Waals surface area contributed by atoms with Gasteiger partial charge in [-0.15, -0.1) is 0 Å². The molecule has 32 heavy (non-hydrogen) atoms. The summed E-state index contributed by atoms with van der Waals surface area (Å²) in [5.74, 6) is 0.514. The Kier molecular flexibility index (Phi) is 8.85. The fraction of sp³-hybridized carbons (Fsp3) is 0.444. The molecule has 2 aromatic rings. The molecule has 1 amide bonds. The van der Waals surface area contributed by atoms with Gasteiger partial charge in [0.2, 0.25) is 5.91 Å². The van der Waals surface area contributed by atoms with Gasteiger partial charge in [-0.05, 0) is 53.1 Å². The van der Waals surface area contributed by atoms with Gasteiger partial charge in [0.25, 0.3) is 0 Å². The molecule has 1 N–H and O–H groups in total. The molecule has 0 fully saturated rings. The Labute approximate surface area is 192 Å². The number of carbonyl (C=O) groups is 1. The van der Waals surface area contributed by atoms with E-state index in [0.717, 1.165) is 36.8 Å². The smallest absolute Gasteiger partial charge is 0.224 e. The predicted octanol–water partition coefficient (Wildman–Crippen LogP) is 6.43. The minimum Gasteiger partial charge on any atom is -0.496 e. The quantitative estimate of drug-likeness (QED) is 0.464. The molecule has 2 aromatic carbocycles. The molecule has 0 saturated heterocycles. The Balaban J connectivity index is 2.33. The number of hydrogen-bond donors (Lipinski definition) is 1. The van der Waals surface area contributed by atoms with Crippen molar-refractivity contribution in [2.24, 2.45) is 0 Å². The fourth-order valence-corrected chi connectivity index (χ4v) is 3.92. The molecule has 0 aliphatic heterocycles. The van der Waals surface area contributed by atoms with E-state index in [-0.39, 0.29) is 17.2 Å². The van der Waals surface area contributed by atoms with Crippen LogP contribution in [0.3, 0.4) is 0 Å². The van der Waals surface area contributed by atoms with Gasteiger partial charge in [0, 0.05) is 12.1 Å². The molecule has 0 saturated carbocycles. The maximum atomic E-state index is 13.1. The van der Waals surface area contributed by atoms with Crippen molar-refractivity contribution < 1.29 is 9.53 Å². The van der Waals surface area contributed by atoms with Crippen LogP contribution in [0.2, 0.25) is 0 Å². The first-order valence-corrected chi connectivity index (χ1v) is 11.2. The lowest BCUT2D eigenvalue weighted by Crippen LogP contribution is -2.20. The first-order valence-electron chi connectivity index (χ1n) is 11.2. The van der Waals surface area contributed by atoms with Gasteiger partial charge in [0.15, 0.2) is 0 Å². The number of anilines is 1. The maximum absolute atomic E-state index is 13.1. The summed E-state index contributed by atoms with van der Waals surface area (Å²) >= 11 is 0. The number of nitrogens with one attached hydrogen (secondary N) is 1. The summed E-state index contributed by atoms with van der Waals surface area (Å²) in [6, 6.07) is 15.1. The van der Waals surface area contributed by atoms with Gasteiger partial charge in [-0.1, -0.05) is 59.1 Å². The van der Waals surface area contributed by atoms with Crippen molar-refractivity contribution in [3.63, 3.8) is 0 Å². The van der Waals surface area contributed by atoms with Crippen molar-refractivity contribution in [2.45, 2.75) is 71.1 Å². The van der Waals surface area contributed by atoms with E-state index in [4.69, 9.17) is 4.74 Å². The molecule has 0 aromatic heterocycles. The van der Waals surface area contributed by atoms with Crippen LogP contribution >= 0.6 is 0 Å². The molecule has 2 rings (SSSR count). The number of ether oxygens (including phenoxy) is 1. The van der Waals surface area contributed by atoms with Crippen molar-refractivity contribution in [3.05, 3.63) is 58.7 Å². The second-order valence-corrected chi connectivity index (χ2v) is 9.14. The van der Waals surface area contributed by atoms with E-state index in [1.807, 2.05) is 12.1 Å². The summed E-state index contributed by atoms with van der Waals surface area (Å²) < 4.78 is 5.55. The Bertz CT molecular complexity index is 1020. The zero-order chi connectivity index (χ0) is 23.7. The number of nitrogens with zero attached hydrogens (tertiary/aromatic N) is 2. The van der Waals surface area contributed by atoms with Crippen molar-refractivity contribution in [2.75, 3.05) is 12.4 Å². The van der Waals surface area contributed by atoms with Crippen LogP contribution in [0.25, 0.3) is 0 Å². The highest BCUT2D eigenvalue weighted by atomic mass is 16.5. The lowest BCUT2D eigenvalue weighted by Gasteiger charge is -2.24.